The van der Waals surface area contributed by atoms with Gasteiger partial charge in [-0.3, -0.25) is 9.36 Å². The van der Waals surface area contributed by atoms with Crippen LogP contribution in [0.25, 0.3) is 11.1 Å². The van der Waals surface area contributed by atoms with Crippen molar-refractivity contribution in [3.05, 3.63) is 28.7 Å². The second-order valence-electron chi connectivity index (χ2n) is 6.17. The topological polar surface area (TPSA) is 120 Å². The number of morpholine rings is 1. The first-order chi connectivity index (χ1) is 12.8. The summed E-state index contributed by atoms with van der Waals surface area (Å²) >= 11 is 0. The van der Waals surface area contributed by atoms with E-state index >= 15 is 0 Å². The smallest absolute Gasteiger partial charge is 0.408 e. The van der Waals surface area contributed by atoms with Crippen molar-refractivity contribution in [1.82, 2.24) is 14.2 Å². The Labute approximate surface area is 155 Å². The monoisotopic (exact) mass is 399 g/mol. The number of oxazole rings is 1. The largest absolute Gasteiger partial charge is 0.419 e. The fourth-order valence-corrected chi connectivity index (χ4v) is 3.87. The molecule has 1 aromatic carbocycles. The summed E-state index contributed by atoms with van der Waals surface area (Å²) in [6.45, 7) is 1.00. The van der Waals surface area contributed by atoms with Crippen molar-refractivity contribution in [3.8, 4) is 0 Å². The molecule has 3 rings (SSSR count). The van der Waals surface area contributed by atoms with Crippen LogP contribution in [0.2, 0.25) is 0 Å². The van der Waals surface area contributed by atoms with Crippen molar-refractivity contribution >= 4 is 27.0 Å². The van der Waals surface area contributed by atoms with Gasteiger partial charge < -0.3 is 18.8 Å². The van der Waals surface area contributed by atoms with Crippen LogP contribution in [0.1, 0.15) is 0 Å². The zero-order valence-electron chi connectivity index (χ0n) is 15.0. The molecule has 1 unspecified atom stereocenters. The van der Waals surface area contributed by atoms with E-state index in [0.29, 0.717) is 18.7 Å². The maximum Gasteiger partial charge on any atom is 0.419 e. The van der Waals surface area contributed by atoms with Crippen molar-refractivity contribution in [1.29, 1.82) is 0 Å². The number of carbonyl (C=O) groups excluding carboxylic acids is 1. The van der Waals surface area contributed by atoms with Gasteiger partial charge in [-0.2, -0.15) is 0 Å². The molecule has 1 aliphatic heterocycles. The summed E-state index contributed by atoms with van der Waals surface area (Å²) < 4.78 is 44.2. The van der Waals surface area contributed by atoms with Crippen LogP contribution in [-0.4, -0.2) is 69.9 Å². The van der Waals surface area contributed by atoms with E-state index in [1.807, 2.05) is 0 Å². The van der Waals surface area contributed by atoms with Gasteiger partial charge in [0.2, 0.25) is 15.9 Å². The predicted octanol–water partition coefficient (Wildman–Crippen LogP) is -0.716. The molecule has 0 radical (unpaired) electrons. The molecule has 1 atom stereocenters. The first-order valence-corrected chi connectivity index (χ1v) is 9.77. The van der Waals surface area contributed by atoms with Gasteiger partial charge in [-0.15, -0.1) is 0 Å². The van der Waals surface area contributed by atoms with E-state index in [9.17, 15) is 18.0 Å². The second-order valence-corrected chi connectivity index (χ2v) is 7.94. The molecule has 0 saturated carbocycles. The summed E-state index contributed by atoms with van der Waals surface area (Å²) in [7, 11) is -0.749. The lowest BCUT2D eigenvalue weighted by Gasteiger charge is -2.32. The van der Waals surface area contributed by atoms with Crippen molar-refractivity contribution in [2.24, 2.45) is 7.05 Å². The van der Waals surface area contributed by atoms with Gasteiger partial charge in [0.25, 0.3) is 0 Å². The van der Waals surface area contributed by atoms with Gasteiger partial charge in [-0.05, 0) is 12.1 Å². The summed E-state index contributed by atoms with van der Waals surface area (Å²) in [5.74, 6) is -0.723. The maximum atomic E-state index is 12.5. The Morgan fingerprint density at radius 3 is 2.85 bits per heavy atom. The third-order valence-electron chi connectivity index (χ3n) is 4.36. The minimum Gasteiger partial charge on any atom is -0.408 e. The number of hydrogen-bond acceptors (Lipinski definition) is 7. The van der Waals surface area contributed by atoms with E-state index < -0.39 is 21.9 Å². The number of nitrogens with zero attached hydrogens (tertiary/aromatic N) is 2. The van der Waals surface area contributed by atoms with Crippen LogP contribution in [-0.2, 0) is 31.3 Å². The molecule has 0 spiro atoms. The number of amides is 1. The van der Waals surface area contributed by atoms with Crippen LogP contribution in [0.3, 0.4) is 0 Å². The Morgan fingerprint density at radius 1 is 1.33 bits per heavy atom. The van der Waals surface area contributed by atoms with Gasteiger partial charge in [-0.25, -0.2) is 17.9 Å². The van der Waals surface area contributed by atoms with Crippen LogP contribution in [0.4, 0.5) is 0 Å². The number of nitrogens with one attached hydrogen (secondary N) is 1. The molecule has 0 bridgehead atoms. The Balaban J connectivity index is 1.68. The summed E-state index contributed by atoms with van der Waals surface area (Å²) in [6, 6.07) is 4.21. The van der Waals surface area contributed by atoms with Gasteiger partial charge in [0.05, 0.1) is 23.1 Å². The molecule has 27 heavy (non-hydrogen) atoms. The third-order valence-corrected chi connectivity index (χ3v) is 5.78. The number of carbonyl (C=O) groups is 1. The standard InChI is InChI=1S/C16H21N3O7S/c1-18-13-4-3-12(7-14(13)26-16(18)21)27(22,23)17-8-11-9-19(5-6-24-2)15(20)10-25-11/h3-4,7,11,17H,5-6,8-10H2,1-2H3. The fraction of sp³-hybridized carbons (Fsp3) is 0.500. The molecule has 2 heterocycles. The van der Waals surface area contributed by atoms with Gasteiger partial charge in [-0.1, -0.05) is 0 Å². The molecule has 1 saturated heterocycles. The highest BCUT2D eigenvalue weighted by atomic mass is 32.2. The highest BCUT2D eigenvalue weighted by Gasteiger charge is 2.27. The number of sulfonamides is 1. The van der Waals surface area contributed by atoms with Gasteiger partial charge >= 0.3 is 5.76 Å². The maximum absolute atomic E-state index is 12.5. The Hall–Kier alpha value is -2.21. The zero-order chi connectivity index (χ0) is 19.6. The molecule has 1 N–H and O–H groups in total. The minimum absolute atomic E-state index is 0.00979. The number of aromatic nitrogens is 1. The Morgan fingerprint density at radius 2 is 2.11 bits per heavy atom. The van der Waals surface area contributed by atoms with Crippen LogP contribution in [0.15, 0.2) is 32.3 Å². The Bertz CT molecular complexity index is 995. The van der Waals surface area contributed by atoms with E-state index in [1.54, 1.807) is 12.0 Å². The zero-order valence-corrected chi connectivity index (χ0v) is 15.8. The van der Waals surface area contributed by atoms with Crippen molar-refractivity contribution in [2.75, 3.05) is 40.0 Å². The van der Waals surface area contributed by atoms with Crippen LogP contribution >= 0.6 is 0 Å². The lowest BCUT2D eigenvalue weighted by molar-refractivity contribution is -0.149. The van der Waals surface area contributed by atoms with E-state index in [4.69, 9.17) is 13.9 Å². The molecular weight excluding hydrogens is 378 g/mol. The average molecular weight is 399 g/mol. The van der Waals surface area contributed by atoms with Crippen molar-refractivity contribution in [2.45, 2.75) is 11.0 Å². The Kier molecular flexibility index (Phi) is 5.65. The minimum atomic E-state index is -3.83. The number of fused-ring (bicyclic) bond motifs is 1. The molecule has 1 fully saturated rings. The number of methoxy groups -OCH3 is 1. The highest BCUT2D eigenvalue weighted by Crippen LogP contribution is 2.18. The lowest BCUT2D eigenvalue weighted by atomic mass is 10.2. The van der Waals surface area contributed by atoms with Gasteiger partial charge in [0.1, 0.15) is 6.61 Å². The molecule has 10 nitrogen and oxygen atoms in total. The predicted molar refractivity (Wildman–Crippen MR) is 94.8 cm³/mol. The number of rotatable bonds is 7. The molecule has 1 amide bonds. The second kappa shape index (κ2) is 7.80. The number of hydrogen-bond donors (Lipinski definition) is 1. The first kappa shape index (κ1) is 19.5. The summed E-state index contributed by atoms with van der Waals surface area (Å²) in [5.41, 5.74) is 0.692. The number of benzene rings is 1. The average Bonchev–Trinajstić information content (AvgIpc) is 2.93. The molecular formula is C16H21N3O7S. The molecule has 2 aromatic rings. The van der Waals surface area contributed by atoms with Crippen molar-refractivity contribution in [3.63, 3.8) is 0 Å². The quantitative estimate of drug-likeness (QED) is 0.653. The van der Waals surface area contributed by atoms with Crippen LogP contribution in [0, 0.1) is 0 Å². The molecule has 1 aliphatic rings. The summed E-state index contributed by atoms with van der Waals surface area (Å²) in [5, 5.41) is 0. The number of ether oxygens (including phenoxy) is 2. The molecule has 1 aromatic heterocycles. The van der Waals surface area contributed by atoms with E-state index in [0.717, 1.165) is 0 Å². The molecule has 11 heteroatoms. The van der Waals surface area contributed by atoms with Gasteiger partial charge in [0.15, 0.2) is 5.58 Å². The van der Waals surface area contributed by atoms with Crippen molar-refractivity contribution < 1.29 is 27.1 Å². The lowest BCUT2D eigenvalue weighted by Crippen LogP contribution is -2.51. The van der Waals surface area contributed by atoms with Gasteiger partial charge in [0, 0.05) is 39.9 Å². The first-order valence-electron chi connectivity index (χ1n) is 8.29. The van der Waals surface area contributed by atoms with Crippen LogP contribution in [0.5, 0.6) is 0 Å². The summed E-state index contributed by atoms with van der Waals surface area (Å²) in [6.07, 6.45) is -0.465. The van der Waals surface area contributed by atoms with Crippen LogP contribution < -0.4 is 10.5 Å². The van der Waals surface area contributed by atoms with E-state index in [2.05, 4.69) is 4.72 Å². The fourth-order valence-electron chi connectivity index (χ4n) is 2.79. The molecule has 0 aliphatic carbocycles. The van der Waals surface area contributed by atoms with E-state index in [1.165, 1.54) is 29.8 Å². The normalized spacial score (nSPS) is 18.4. The molecule has 148 valence electrons. The number of aryl methyl sites for hydroxylation is 1. The summed E-state index contributed by atoms with van der Waals surface area (Å²) in [4.78, 5) is 24.9. The van der Waals surface area contributed by atoms with E-state index in [-0.39, 0.29) is 36.1 Å². The third kappa shape index (κ3) is 4.21. The SMILES string of the molecule is COCCN1CC(CNS(=O)(=O)c2ccc3c(c2)oc(=O)n3C)OCC1=O. The highest BCUT2D eigenvalue weighted by molar-refractivity contribution is 7.89.